The topological polar surface area (TPSA) is 62.1 Å². The molecule has 0 radical (unpaired) electrons. The molecule has 3 rings (SSSR count). The van der Waals surface area contributed by atoms with Crippen LogP contribution < -0.4 is 0 Å². The van der Waals surface area contributed by atoms with E-state index in [1.807, 2.05) is 49.4 Å². The molecule has 1 heterocycles. The van der Waals surface area contributed by atoms with E-state index in [-0.39, 0.29) is 11.5 Å². The van der Waals surface area contributed by atoms with Gasteiger partial charge in [-0.05, 0) is 30.5 Å². The van der Waals surface area contributed by atoms with E-state index in [0.29, 0.717) is 22.7 Å². The molecule has 0 spiro atoms. The number of benzene rings is 2. The highest BCUT2D eigenvalue weighted by Crippen LogP contribution is 2.45. The van der Waals surface area contributed by atoms with Gasteiger partial charge >= 0.3 is 5.97 Å². The van der Waals surface area contributed by atoms with Gasteiger partial charge in [0.1, 0.15) is 0 Å². The van der Waals surface area contributed by atoms with E-state index in [4.69, 9.17) is 16.3 Å². The Kier molecular flexibility index (Phi) is 5.85. The van der Waals surface area contributed by atoms with Crippen molar-refractivity contribution in [2.24, 2.45) is 5.10 Å². The second-order valence-corrected chi connectivity index (χ2v) is 6.49. The van der Waals surface area contributed by atoms with E-state index < -0.39 is 5.97 Å². The maximum atomic E-state index is 12.5. The number of ether oxygens (including phenoxy) is 1. The van der Waals surface area contributed by atoms with Crippen LogP contribution in [0.25, 0.3) is 22.6 Å². The van der Waals surface area contributed by atoms with Crippen LogP contribution >= 0.6 is 11.6 Å². The van der Waals surface area contributed by atoms with Crippen LogP contribution in [0.4, 0.5) is 0 Å². The summed E-state index contributed by atoms with van der Waals surface area (Å²) in [5.74, 6) is -0.958. The number of nitrogens with zero attached hydrogens (tertiary/aromatic N) is 2. The molecule has 1 aliphatic heterocycles. The molecule has 0 saturated carbocycles. The van der Waals surface area contributed by atoms with Crippen molar-refractivity contribution in [1.82, 2.24) is 5.01 Å². The molecule has 0 aromatic heterocycles. The second kappa shape index (κ2) is 8.31. The summed E-state index contributed by atoms with van der Waals surface area (Å²) in [5, 5.41) is 17.1. The lowest BCUT2D eigenvalue weighted by Crippen LogP contribution is -2.29. The van der Waals surface area contributed by atoms with Gasteiger partial charge in [0.05, 0.1) is 17.8 Å². The van der Waals surface area contributed by atoms with E-state index >= 15 is 0 Å². The fourth-order valence-corrected chi connectivity index (χ4v) is 3.52. The van der Waals surface area contributed by atoms with Gasteiger partial charge in [0.25, 0.3) is 0 Å². The minimum absolute atomic E-state index is 0.0695. The highest BCUT2D eigenvalue weighted by atomic mass is 35.5. The molecule has 5 nitrogen and oxygen atoms in total. The first kappa shape index (κ1) is 19.7. The van der Waals surface area contributed by atoms with Crippen molar-refractivity contribution in [2.45, 2.75) is 20.3 Å². The Hall–Kier alpha value is -3.05. The summed E-state index contributed by atoms with van der Waals surface area (Å²) in [6.45, 7) is 3.73. The number of methoxy groups -OCH3 is 1. The van der Waals surface area contributed by atoms with Crippen LogP contribution in [0.3, 0.4) is 0 Å². The van der Waals surface area contributed by atoms with E-state index in [9.17, 15) is 9.90 Å². The quantitative estimate of drug-likeness (QED) is 0.549. The smallest absolute Gasteiger partial charge is 0.360 e. The summed E-state index contributed by atoms with van der Waals surface area (Å²) >= 11 is 6.47. The van der Waals surface area contributed by atoms with Crippen LogP contribution in [-0.4, -0.2) is 29.4 Å². The van der Waals surface area contributed by atoms with Gasteiger partial charge in [0.15, 0.2) is 11.5 Å². The largest absolute Gasteiger partial charge is 0.505 e. The first-order valence-corrected chi connectivity index (χ1v) is 9.32. The SMILES string of the molecule is C/C=N\N1C(=CCC)c2c(-c3ccccc3)ccc(Cl)c2C(O)=C1C(=O)OC. The lowest BCUT2D eigenvalue weighted by atomic mass is 9.88. The minimum atomic E-state index is -0.697. The Labute approximate surface area is 169 Å². The van der Waals surface area contributed by atoms with E-state index in [2.05, 4.69) is 5.10 Å². The van der Waals surface area contributed by atoms with Crippen molar-refractivity contribution in [3.05, 3.63) is 70.4 Å². The number of carbonyl (C=O) groups is 1. The minimum Gasteiger partial charge on any atom is -0.505 e. The highest BCUT2D eigenvalue weighted by molar-refractivity contribution is 6.33. The molecule has 0 atom stereocenters. The molecule has 2 aromatic rings. The highest BCUT2D eigenvalue weighted by Gasteiger charge is 2.36. The molecule has 0 unspecified atom stereocenters. The first-order chi connectivity index (χ1) is 13.5. The summed E-state index contributed by atoms with van der Waals surface area (Å²) in [6, 6.07) is 13.4. The zero-order valence-corrected chi connectivity index (χ0v) is 16.7. The zero-order chi connectivity index (χ0) is 20.3. The number of rotatable bonds is 4. The normalized spacial score (nSPS) is 15.3. The Morgan fingerprint density at radius 2 is 1.93 bits per heavy atom. The Morgan fingerprint density at radius 3 is 2.54 bits per heavy atom. The van der Waals surface area contributed by atoms with Crippen LogP contribution in [-0.2, 0) is 9.53 Å². The van der Waals surface area contributed by atoms with Gasteiger partial charge in [-0.15, -0.1) is 0 Å². The average Bonchev–Trinajstić information content (AvgIpc) is 2.71. The Bertz CT molecular complexity index is 994. The summed E-state index contributed by atoms with van der Waals surface area (Å²) < 4.78 is 4.89. The third-order valence-electron chi connectivity index (χ3n) is 4.40. The van der Waals surface area contributed by atoms with Gasteiger partial charge < -0.3 is 9.84 Å². The molecule has 1 aliphatic rings. The molecule has 0 amide bonds. The zero-order valence-electron chi connectivity index (χ0n) is 15.9. The maximum Gasteiger partial charge on any atom is 0.360 e. The lowest BCUT2D eigenvalue weighted by Gasteiger charge is -2.32. The molecular weight excluding hydrogens is 376 g/mol. The van der Waals surface area contributed by atoms with Crippen molar-refractivity contribution in [1.29, 1.82) is 0 Å². The van der Waals surface area contributed by atoms with Crippen molar-refractivity contribution >= 4 is 35.2 Å². The van der Waals surface area contributed by atoms with Gasteiger partial charge in [-0.1, -0.05) is 61.0 Å². The number of aliphatic hydroxyl groups is 1. The Balaban J connectivity index is 2.44. The summed E-state index contributed by atoms with van der Waals surface area (Å²) in [4.78, 5) is 12.5. The monoisotopic (exact) mass is 396 g/mol. The van der Waals surface area contributed by atoms with Gasteiger partial charge in [0, 0.05) is 17.3 Å². The number of esters is 1. The molecule has 6 heteroatoms. The molecule has 1 N–H and O–H groups in total. The molecule has 28 heavy (non-hydrogen) atoms. The van der Waals surface area contributed by atoms with Gasteiger partial charge in [-0.3, -0.25) is 0 Å². The van der Waals surface area contributed by atoms with E-state index in [0.717, 1.165) is 16.7 Å². The van der Waals surface area contributed by atoms with E-state index in [1.54, 1.807) is 19.2 Å². The Morgan fingerprint density at radius 1 is 1.21 bits per heavy atom. The van der Waals surface area contributed by atoms with Crippen molar-refractivity contribution in [2.75, 3.05) is 7.11 Å². The maximum absolute atomic E-state index is 12.5. The number of aliphatic hydroxyl groups excluding tert-OH is 1. The molecule has 0 fully saturated rings. The molecular formula is C22H21ClN2O3. The fraction of sp³-hybridized carbons (Fsp3) is 0.182. The summed E-state index contributed by atoms with van der Waals surface area (Å²) in [7, 11) is 1.26. The lowest BCUT2D eigenvalue weighted by molar-refractivity contribution is -0.137. The number of hydrazone groups is 1. The predicted octanol–water partition coefficient (Wildman–Crippen LogP) is 5.48. The molecule has 0 aliphatic carbocycles. The third kappa shape index (κ3) is 3.29. The van der Waals surface area contributed by atoms with Crippen LogP contribution in [0.5, 0.6) is 0 Å². The van der Waals surface area contributed by atoms with Crippen molar-refractivity contribution in [3.63, 3.8) is 0 Å². The number of hydrogen-bond acceptors (Lipinski definition) is 5. The molecule has 2 aromatic carbocycles. The fourth-order valence-electron chi connectivity index (χ4n) is 3.28. The van der Waals surface area contributed by atoms with Crippen molar-refractivity contribution in [3.8, 4) is 11.1 Å². The van der Waals surface area contributed by atoms with Gasteiger partial charge in [-0.25, -0.2) is 9.80 Å². The molecule has 0 bridgehead atoms. The van der Waals surface area contributed by atoms with Crippen molar-refractivity contribution < 1.29 is 14.6 Å². The van der Waals surface area contributed by atoms with Gasteiger partial charge in [-0.2, -0.15) is 5.10 Å². The number of carbonyl (C=O) groups excluding carboxylic acids is 1. The predicted molar refractivity (Wildman–Crippen MR) is 113 cm³/mol. The number of allylic oxidation sites excluding steroid dienone is 1. The molecule has 0 saturated heterocycles. The van der Waals surface area contributed by atoms with Crippen LogP contribution in [0.15, 0.2) is 59.3 Å². The number of halogens is 1. The van der Waals surface area contributed by atoms with Crippen LogP contribution in [0, 0.1) is 0 Å². The molecule has 144 valence electrons. The number of hydrogen-bond donors (Lipinski definition) is 1. The average molecular weight is 397 g/mol. The standard InChI is InChI=1S/C22H21ClN2O3/c1-4-9-17-18-15(14-10-7-6-8-11-14)12-13-16(23)19(18)21(26)20(22(27)28-3)25(17)24-5-2/h5-13,26H,4H2,1-3H3/b17-9?,24-5-. The third-order valence-corrected chi connectivity index (χ3v) is 4.72. The van der Waals surface area contributed by atoms with E-state index in [1.165, 1.54) is 12.1 Å². The summed E-state index contributed by atoms with van der Waals surface area (Å²) in [6.07, 6.45) is 4.20. The number of fused-ring (bicyclic) bond motifs is 1. The van der Waals surface area contributed by atoms with Gasteiger partial charge in [0.2, 0.25) is 0 Å². The van der Waals surface area contributed by atoms with Crippen LogP contribution in [0.2, 0.25) is 5.02 Å². The second-order valence-electron chi connectivity index (χ2n) is 6.08. The van der Waals surface area contributed by atoms with Crippen LogP contribution in [0.1, 0.15) is 31.4 Å². The first-order valence-electron chi connectivity index (χ1n) is 8.94. The summed E-state index contributed by atoms with van der Waals surface area (Å²) in [5.41, 5.74) is 3.55.